The van der Waals surface area contributed by atoms with Gasteiger partial charge in [0, 0.05) is 29.8 Å². The molecule has 0 aromatic heterocycles. The Morgan fingerprint density at radius 2 is 2.36 bits per heavy atom. The van der Waals surface area contributed by atoms with Crippen molar-refractivity contribution in [3.05, 3.63) is 28.8 Å². The lowest BCUT2D eigenvalue weighted by Crippen LogP contribution is -2.37. The topological polar surface area (TPSA) is 29.3 Å². The summed E-state index contributed by atoms with van der Waals surface area (Å²) in [6.07, 6.45) is 1.08. The van der Waals surface area contributed by atoms with Crippen LogP contribution < -0.4 is 10.6 Å². The average Bonchev–Trinajstić information content (AvgIpc) is 2.59. The Bertz CT molecular complexity index is 338. The Morgan fingerprint density at radius 3 is 3.07 bits per heavy atom. The maximum Gasteiger partial charge on any atom is 0.0410 e. The summed E-state index contributed by atoms with van der Waals surface area (Å²) in [6, 6.07) is 6.51. The zero-order chi connectivity index (χ0) is 10.1. The molecule has 2 N–H and O–H groups in total. The van der Waals surface area contributed by atoms with E-state index in [1.165, 1.54) is 11.3 Å². The number of rotatable bonds is 2. The first-order valence-electron chi connectivity index (χ1n) is 4.97. The Labute approximate surface area is 89.7 Å². The van der Waals surface area contributed by atoms with Crippen LogP contribution in [0, 0.1) is 0 Å². The highest BCUT2D eigenvalue weighted by atomic mass is 35.5. The molecule has 0 saturated carbocycles. The summed E-state index contributed by atoms with van der Waals surface area (Å²) in [6.45, 7) is 3.92. The molecule has 1 heterocycles. The smallest absolute Gasteiger partial charge is 0.0410 e. The van der Waals surface area contributed by atoms with E-state index in [4.69, 9.17) is 17.3 Å². The Balaban J connectivity index is 2.31. The third-order valence-electron chi connectivity index (χ3n) is 2.85. The first-order chi connectivity index (χ1) is 6.72. The number of halogens is 1. The predicted molar refractivity (Wildman–Crippen MR) is 61.0 cm³/mol. The Hall–Kier alpha value is -0.730. The van der Waals surface area contributed by atoms with Gasteiger partial charge in [-0.2, -0.15) is 0 Å². The molecule has 1 aromatic rings. The molecule has 1 aliphatic heterocycles. The maximum atomic E-state index is 5.94. The van der Waals surface area contributed by atoms with Gasteiger partial charge in [0.05, 0.1) is 0 Å². The number of nitrogens with zero attached hydrogens (tertiary/aromatic N) is 1. The van der Waals surface area contributed by atoms with Gasteiger partial charge >= 0.3 is 0 Å². The van der Waals surface area contributed by atoms with Crippen LogP contribution in [-0.4, -0.2) is 19.1 Å². The van der Waals surface area contributed by atoms with Gasteiger partial charge in [-0.1, -0.05) is 11.6 Å². The van der Waals surface area contributed by atoms with Crippen LogP contribution in [-0.2, 0) is 6.42 Å². The van der Waals surface area contributed by atoms with Crippen molar-refractivity contribution in [1.82, 2.24) is 0 Å². The number of fused-ring (bicyclic) bond motifs is 1. The van der Waals surface area contributed by atoms with Crippen LogP contribution in [0.3, 0.4) is 0 Å². The lowest BCUT2D eigenvalue weighted by molar-refractivity contribution is 0.663. The van der Waals surface area contributed by atoms with Gasteiger partial charge < -0.3 is 10.6 Å². The maximum absolute atomic E-state index is 5.94. The van der Waals surface area contributed by atoms with Gasteiger partial charge in [0.2, 0.25) is 0 Å². The molecule has 1 unspecified atom stereocenters. The molecule has 0 radical (unpaired) electrons. The van der Waals surface area contributed by atoms with Gasteiger partial charge in [0.25, 0.3) is 0 Å². The molecule has 1 aromatic carbocycles. The Kier molecular flexibility index (Phi) is 2.66. The van der Waals surface area contributed by atoms with E-state index in [9.17, 15) is 0 Å². The van der Waals surface area contributed by atoms with E-state index in [0.717, 1.165) is 18.0 Å². The van der Waals surface area contributed by atoms with Gasteiger partial charge in [0.1, 0.15) is 0 Å². The number of benzene rings is 1. The van der Waals surface area contributed by atoms with E-state index < -0.39 is 0 Å². The van der Waals surface area contributed by atoms with Crippen molar-refractivity contribution in [3.63, 3.8) is 0 Å². The largest absolute Gasteiger partial charge is 0.367 e. The van der Waals surface area contributed by atoms with Gasteiger partial charge in [-0.3, -0.25) is 0 Å². The molecule has 2 rings (SSSR count). The fraction of sp³-hybridized carbons (Fsp3) is 0.455. The fourth-order valence-corrected chi connectivity index (χ4v) is 2.18. The van der Waals surface area contributed by atoms with Gasteiger partial charge in [0.15, 0.2) is 0 Å². The SMILES string of the molecule is CC(CN)N1CCc2cc(Cl)ccc21. The van der Waals surface area contributed by atoms with Crippen LogP contribution in [0.4, 0.5) is 5.69 Å². The van der Waals surface area contributed by atoms with Crippen molar-refractivity contribution in [1.29, 1.82) is 0 Å². The number of hydrogen-bond acceptors (Lipinski definition) is 2. The lowest BCUT2D eigenvalue weighted by Gasteiger charge is -2.26. The van der Waals surface area contributed by atoms with Crippen molar-refractivity contribution in [2.75, 3.05) is 18.0 Å². The summed E-state index contributed by atoms with van der Waals surface area (Å²) in [5.41, 5.74) is 8.31. The van der Waals surface area contributed by atoms with E-state index >= 15 is 0 Å². The number of anilines is 1. The molecule has 0 spiro atoms. The highest BCUT2D eigenvalue weighted by Gasteiger charge is 2.22. The van der Waals surface area contributed by atoms with Crippen LogP contribution in [0.25, 0.3) is 0 Å². The standard InChI is InChI=1S/C11H15ClN2/c1-8(7-13)14-5-4-9-6-10(12)2-3-11(9)14/h2-3,6,8H,4-5,7,13H2,1H3. The monoisotopic (exact) mass is 210 g/mol. The highest BCUT2D eigenvalue weighted by Crippen LogP contribution is 2.31. The van der Waals surface area contributed by atoms with Crippen LogP contribution >= 0.6 is 11.6 Å². The van der Waals surface area contributed by atoms with Crippen molar-refractivity contribution in [2.45, 2.75) is 19.4 Å². The summed E-state index contributed by atoms with van der Waals surface area (Å²) in [5, 5.41) is 0.825. The van der Waals surface area contributed by atoms with Crippen LogP contribution in [0.2, 0.25) is 5.02 Å². The van der Waals surface area contributed by atoms with Crippen LogP contribution in [0.5, 0.6) is 0 Å². The van der Waals surface area contributed by atoms with E-state index in [1.54, 1.807) is 0 Å². The van der Waals surface area contributed by atoms with Crippen LogP contribution in [0.15, 0.2) is 18.2 Å². The molecular weight excluding hydrogens is 196 g/mol. The molecule has 1 atom stereocenters. The quantitative estimate of drug-likeness (QED) is 0.810. The highest BCUT2D eigenvalue weighted by molar-refractivity contribution is 6.30. The third-order valence-corrected chi connectivity index (χ3v) is 3.08. The summed E-state index contributed by atoms with van der Waals surface area (Å²) in [5.74, 6) is 0. The molecule has 1 aliphatic rings. The first-order valence-corrected chi connectivity index (χ1v) is 5.35. The summed E-state index contributed by atoms with van der Waals surface area (Å²) >= 11 is 5.94. The van der Waals surface area contributed by atoms with E-state index in [2.05, 4.69) is 24.0 Å². The lowest BCUT2D eigenvalue weighted by atomic mass is 10.2. The molecule has 0 bridgehead atoms. The van der Waals surface area contributed by atoms with Crippen molar-refractivity contribution in [2.24, 2.45) is 5.73 Å². The van der Waals surface area contributed by atoms with Crippen LogP contribution in [0.1, 0.15) is 12.5 Å². The molecule has 2 nitrogen and oxygen atoms in total. The van der Waals surface area contributed by atoms with Crippen molar-refractivity contribution < 1.29 is 0 Å². The summed E-state index contributed by atoms with van der Waals surface area (Å²) < 4.78 is 0. The molecule has 0 fully saturated rings. The molecule has 14 heavy (non-hydrogen) atoms. The van der Waals surface area contributed by atoms with Gasteiger partial charge in [-0.15, -0.1) is 0 Å². The molecular formula is C11H15ClN2. The number of hydrogen-bond donors (Lipinski definition) is 1. The Morgan fingerprint density at radius 1 is 1.57 bits per heavy atom. The zero-order valence-corrected chi connectivity index (χ0v) is 9.09. The molecule has 0 aliphatic carbocycles. The first kappa shape index (κ1) is 9.81. The fourth-order valence-electron chi connectivity index (χ4n) is 1.98. The van der Waals surface area contributed by atoms with Gasteiger partial charge in [-0.25, -0.2) is 0 Å². The number of nitrogens with two attached hydrogens (primary N) is 1. The normalized spacial score (nSPS) is 16.9. The molecule has 3 heteroatoms. The average molecular weight is 211 g/mol. The molecule has 76 valence electrons. The van der Waals surface area contributed by atoms with E-state index in [0.29, 0.717) is 12.6 Å². The predicted octanol–water partition coefficient (Wildman–Crippen LogP) is 2.05. The summed E-state index contributed by atoms with van der Waals surface area (Å²) in [4.78, 5) is 2.35. The van der Waals surface area contributed by atoms with Gasteiger partial charge in [-0.05, 0) is 37.1 Å². The van der Waals surface area contributed by atoms with Crippen molar-refractivity contribution in [3.8, 4) is 0 Å². The second kappa shape index (κ2) is 3.79. The summed E-state index contributed by atoms with van der Waals surface area (Å²) in [7, 11) is 0. The third kappa shape index (κ3) is 1.60. The second-order valence-corrected chi connectivity index (χ2v) is 4.24. The van der Waals surface area contributed by atoms with E-state index in [-0.39, 0.29) is 0 Å². The second-order valence-electron chi connectivity index (χ2n) is 3.80. The van der Waals surface area contributed by atoms with E-state index in [1.807, 2.05) is 6.07 Å². The molecule has 0 amide bonds. The van der Waals surface area contributed by atoms with Crippen molar-refractivity contribution >= 4 is 17.3 Å². The zero-order valence-electron chi connectivity index (χ0n) is 8.33. The minimum absolute atomic E-state index is 0.414. The molecule has 0 saturated heterocycles. The minimum atomic E-state index is 0.414. The minimum Gasteiger partial charge on any atom is -0.367 e.